The van der Waals surface area contributed by atoms with Gasteiger partial charge in [-0.05, 0) is 25.8 Å². The zero-order valence-electron chi connectivity index (χ0n) is 9.78. The van der Waals surface area contributed by atoms with Crippen LogP contribution in [-0.2, 0) is 0 Å². The van der Waals surface area contributed by atoms with Gasteiger partial charge in [-0.25, -0.2) is 0 Å². The zero-order valence-corrected chi connectivity index (χ0v) is 9.78. The molecule has 0 aromatic heterocycles. The molecule has 1 aliphatic carbocycles. The minimum atomic E-state index is -0.114. The highest BCUT2D eigenvalue weighted by molar-refractivity contribution is 4.86. The molecule has 88 valence electrons. The fourth-order valence-corrected chi connectivity index (χ4v) is 3.03. The fraction of sp³-hybridized carbons (Fsp3) is 1.00. The van der Waals surface area contributed by atoms with Gasteiger partial charge in [-0.15, -0.1) is 0 Å². The van der Waals surface area contributed by atoms with Crippen LogP contribution in [0.15, 0.2) is 0 Å². The van der Waals surface area contributed by atoms with Crippen LogP contribution in [0.2, 0.25) is 0 Å². The van der Waals surface area contributed by atoms with Crippen LogP contribution in [0.3, 0.4) is 0 Å². The summed E-state index contributed by atoms with van der Waals surface area (Å²) < 4.78 is 0. The van der Waals surface area contributed by atoms with Gasteiger partial charge in [-0.2, -0.15) is 0 Å². The highest BCUT2D eigenvalue weighted by atomic mass is 16.3. The molecule has 15 heavy (non-hydrogen) atoms. The number of nitrogens with one attached hydrogen (secondary N) is 1. The molecule has 0 spiro atoms. The molecule has 2 N–H and O–H groups in total. The Balaban J connectivity index is 1.79. The Morgan fingerprint density at radius 2 is 2.07 bits per heavy atom. The van der Waals surface area contributed by atoms with E-state index in [1.807, 2.05) is 0 Å². The fourth-order valence-electron chi connectivity index (χ4n) is 3.03. The number of rotatable bonds is 4. The van der Waals surface area contributed by atoms with Gasteiger partial charge in [0.1, 0.15) is 0 Å². The van der Waals surface area contributed by atoms with Gasteiger partial charge in [-0.3, -0.25) is 4.90 Å². The van der Waals surface area contributed by atoms with Crippen LogP contribution < -0.4 is 5.32 Å². The number of β-amino-alcohol motifs (C(OH)–C–C–N with tert-alkyl or cyclic N) is 1. The number of aliphatic hydroxyl groups excluding tert-OH is 1. The molecule has 0 aromatic carbocycles. The summed E-state index contributed by atoms with van der Waals surface area (Å²) >= 11 is 0. The smallest absolute Gasteiger partial charge is 0.0680 e. The van der Waals surface area contributed by atoms with Gasteiger partial charge in [0.15, 0.2) is 0 Å². The zero-order chi connectivity index (χ0) is 10.7. The van der Waals surface area contributed by atoms with Crippen LogP contribution in [0.25, 0.3) is 0 Å². The lowest BCUT2D eigenvalue weighted by atomic mass is 10.1. The van der Waals surface area contributed by atoms with Crippen molar-refractivity contribution in [2.24, 2.45) is 0 Å². The normalized spacial score (nSPS) is 33.0. The summed E-state index contributed by atoms with van der Waals surface area (Å²) in [6.45, 7) is 5.31. The molecule has 3 nitrogen and oxygen atoms in total. The molecular formula is C12H24N2O. The highest BCUT2D eigenvalue weighted by Gasteiger charge is 2.27. The topological polar surface area (TPSA) is 35.5 Å². The Kier molecular flexibility index (Phi) is 4.00. The summed E-state index contributed by atoms with van der Waals surface area (Å²) in [6, 6.07) is 1.33. The van der Waals surface area contributed by atoms with Gasteiger partial charge in [0.05, 0.1) is 6.10 Å². The van der Waals surface area contributed by atoms with Crippen LogP contribution >= 0.6 is 0 Å². The summed E-state index contributed by atoms with van der Waals surface area (Å²) in [4.78, 5) is 2.60. The average Bonchev–Trinajstić information content (AvgIpc) is 2.85. The van der Waals surface area contributed by atoms with Crippen LogP contribution in [-0.4, -0.2) is 47.8 Å². The second-order valence-electron chi connectivity index (χ2n) is 5.02. The Bertz CT molecular complexity index is 192. The summed E-state index contributed by atoms with van der Waals surface area (Å²) in [5.74, 6) is 0. The first-order valence-corrected chi connectivity index (χ1v) is 6.45. The van der Waals surface area contributed by atoms with Crippen LogP contribution in [0, 0.1) is 0 Å². The van der Waals surface area contributed by atoms with Crippen molar-refractivity contribution in [2.45, 2.75) is 57.2 Å². The number of hydrogen-bond acceptors (Lipinski definition) is 3. The van der Waals surface area contributed by atoms with E-state index in [9.17, 15) is 5.11 Å². The Morgan fingerprint density at radius 1 is 1.33 bits per heavy atom. The van der Waals surface area contributed by atoms with Gasteiger partial charge in [0.25, 0.3) is 0 Å². The van der Waals surface area contributed by atoms with Crippen molar-refractivity contribution in [3.8, 4) is 0 Å². The monoisotopic (exact) mass is 212 g/mol. The molecule has 1 aliphatic heterocycles. The minimum Gasteiger partial charge on any atom is -0.392 e. The number of aliphatic hydroxyl groups is 1. The van der Waals surface area contributed by atoms with E-state index in [0.29, 0.717) is 6.04 Å². The van der Waals surface area contributed by atoms with Crippen LogP contribution in [0.1, 0.15) is 39.0 Å². The van der Waals surface area contributed by atoms with Crippen molar-refractivity contribution < 1.29 is 5.11 Å². The minimum absolute atomic E-state index is 0.114. The molecule has 2 aliphatic rings. The third-order valence-corrected chi connectivity index (χ3v) is 3.90. The maximum absolute atomic E-state index is 9.47. The van der Waals surface area contributed by atoms with Crippen LogP contribution in [0.4, 0.5) is 0 Å². The molecule has 0 aromatic rings. The van der Waals surface area contributed by atoms with Crippen LogP contribution in [0.5, 0.6) is 0 Å². The highest BCUT2D eigenvalue weighted by Crippen LogP contribution is 2.24. The van der Waals surface area contributed by atoms with Gasteiger partial charge in [0.2, 0.25) is 0 Å². The summed E-state index contributed by atoms with van der Waals surface area (Å²) in [5, 5.41) is 12.9. The Morgan fingerprint density at radius 3 is 2.60 bits per heavy atom. The predicted octanol–water partition coefficient (Wildman–Crippen LogP) is 0.974. The lowest BCUT2D eigenvalue weighted by Gasteiger charge is -2.30. The van der Waals surface area contributed by atoms with Crippen molar-refractivity contribution in [2.75, 3.05) is 19.6 Å². The van der Waals surface area contributed by atoms with Crippen molar-refractivity contribution in [3.05, 3.63) is 0 Å². The molecule has 1 saturated carbocycles. The average molecular weight is 212 g/mol. The second-order valence-corrected chi connectivity index (χ2v) is 5.02. The van der Waals surface area contributed by atoms with Gasteiger partial charge >= 0.3 is 0 Å². The quantitative estimate of drug-likeness (QED) is 0.729. The van der Waals surface area contributed by atoms with Crippen molar-refractivity contribution in [3.63, 3.8) is 0 Å². The first kappa shape index (κ1) is 11.4. The molecule has 2 rings (SSSR count). The van der Waals surface area contributed by atoms with E-state index < -0.39 is 0 Å². The summed E-state index contributed by atoms with van der Waals surface area (Å²) in [6.07, 6.45) is 6.39. The molecule has 0 bridgehead atoms. The molecule has 0 amide bonds. The van der Waals surface area contributed by atoms with Gasteiger partial charge in [-0.1, -0.05) is 19.8 Å². The Labute approximate surface area is 92.8 Å². The summed E-state index contributed by atoms with van der Waals surface area (Å²) in [5.41, 5.74) is 0. The molecular weight excluding hydrogens is 188 g/mol. The van der Waals surface area contributed by atoms with Crippen molar-refractivity contribution in [1.82, 2.24) is 10.2 Å². The molecule has 1 saturated heterocycles. The molecule has 2 fully saturated rings. The summed E-state index contributed by atoms with van der Waals surface area (Å²) in [7, 11) is 0. The van der Waals surface area contributed by atoms with E-state index in [0.717, 1.165) is 32.1 Å². The maximum Gasteiger partial charge on any atom is 0.0680 e. The third-order valence-electron chi connectivity index (χ3n) is 3.90. The Hall–Kier alpha value is -0.120. The van der Waals surface area contributed by atoms with E-state index in [-0.39, 0.29) is 6.10 Å². The molecule has 2 atom stereocenters. The first-order valence-electron chi connectivity index (χ1n) is 6.45. The van der Waals surface area contributed by atoms with E-state index in [4.69, 9.17) is 0 Å². The largest absolute Gasteiger partial charge is 0.392 e. The number of likely N-dealkylation sites (N-methyl/N-ethyl adjacent to an activating group) is 1. The van der Waals surface area contributed by atoms with E-state index >= 15 is 0 Å². The molecule has 2 unspecified atom stereocenters. The van der Waals surface area contributed by atoms with E-state index in [2.05, 4.69) is 17.1 Å². The van der Waals surface area contributed by atoms with E-state index in [1.54, 1.807) is 0 Å². The first-order chi connectivity index (χ1) is 7.29. The van der Waals surface area contributed by atoms with Gasteiger partial charge in [0, 0.05) is 25.2 Å². The molecule has 1 heterocycles. The lowest BCUT2D eigenvalue weighted by molar-refractivity contribution is 0.172. The maximum atomic E-state index is 9.47. The molecule has 3 heteroatoms. The standard InChI is InChI=1S/C12H24N2O/c1-2-14(11-5-3-4-6-11)9-10-7-12(15)8-13-10/h10-13,15H,2-9H2,1H3. The molecule has 0 radical (unpaired) electrons. The van der Waals surface area contributed by atoms with Gasteiger partial charge < -0.3 is 10.4 Å². The number of hydrogen-bond donors (Lipinski definition) is 2. The SMILES string of the molecule is CCN(CC1CC(O)CN1)C1CCCC1. The predicted molar refractivity (Wildman–Crippen MR) is 61.9 cm³/mol. The lowest BCUT2D eigenvalue weighted by Crippen LogP contribution is -2.42. The number of nitrogens with zero attached hydrogens (tertiary/aromatic N) is 1. The van der Waals surface area contributed by atoms with Crippen molar-refractivity contribution >= 4 is 0 Å². The van der Waals surface area contributed by atoms with E-state index in [1.165, 1.54) is 25.7 Å². The van der Waals surface area contributed by atoms with Crippen molar-refractivity contribution in [1.29, 1.82) is 0 Å². The second kappa shape index (κ2) is 5.28. The third kappa shape index (κ3) is 2.92.